The fraction of sp³-hybridized carbons (Fsp3) is 0.667. The summed E-state index contributed by atoms with van der Waals surface area (Å²) in [5, 5.41) is 7.69. The Morgan fingerprint density at radius 2 is 2.12 bits per heavy atom. The molecule has 0 atom stereocenters. The fourth-order valence-electron chi connectivity index (χ4n) is 1.11. The molecule has 1 rings (SSSR count). The topological polar surface area (TPSA) is 83.4 Å². The molecule has 1 N–H and O–H groups in total. The molecule has 7 nitrogen and oxygen atoms in total. The van der Waals surface area contributed by atoms with E-state index >= 15 is 0 Å². The van der Waals surface area contributed by atoms with E-state index in [4.69, 9.17) is 0 Å². The first-order valence-electron chi connectivity index (χ1n) is 5.28. The minimum Gasteiger partial charge on any atom is -0.352 e. The Kier molecular flexibility index (Phi) is 5.08. The van der Waals surface area contributed by atoms with E-state index in [1.54, 1.807) is 6.92 Å². The van der Waals surface area contributed by atoms with Crippen molar-refractivity contribution in [3.05, 3.63) is 4.91 Å². The van der Waals surface area contributed by atoms with Gasteiger partial charge in [-0.1, -0.05) is 11.8 Å². The molecule has 0 saturated heterocycles. The predicted molar refractivity (Wildman–Crippen MR) is 69.2 cm³/mol. The maximum atomic E-state index is 10.6. The summed E-state index contributed by atoms with van der Waals surface area (Å²) < 4.78 is 0. The molecule has 0 bridgehead atoms. The molecule has 1 heterocycles. The molecule has 0 saturated carbocycles. The van der Waals surface area contributed by atoms with E-state index < -0.39 is 0 Å². The lowest BCUT2D eigenvalue weighted by Gasteiger charge is -2.13. The van der Waals surface area contributed by atoms with Gasteiger partial charge in [-0.25, -0.2) is 0 Å². The van der Waals surface area contributed by atoms with Gasteiger partial charge in [0, 0.05) is 12.6 Å². The summed E-state index contributed by atoms with van der Waals surface area (Å²) in [6.07, 6.45) is 1.86. The average molecular weight is 256 g/mol. The first-order valence-corrected chi connectivity index (χ1v) is 6.50. The average Bonchev–Trinajstić information content (AvgIpc) is 2.29. The lowest BCUT2D eigenvalue weighted by Crippen LogP contribution is -2.20. The van der Waals surface area contributed by atoms with E-state index in [1.807, 2.05) is 20.1 Å². The van der Waals surface area contributed by atoms with Gasteiger partial charge in [0.1, 0.15) is 0 Å². The minimum atomic E-state index is 0.208. The van der Waals surface area contributed by atoms with Crippen LogP contribution in [0, 0.1) is 4.91 Å². The molecule has 0 aromatic carbocycles. The second-order valence-corrected chi connectivity index (χ2v) is 4.32. The highest BCUT2D eigenvalue weighted by Gasteiger charge is 2.12. The van der Waals surface area contributed by atoms with Crippen LogP contribution in [0.2, 0.25) is 0 Å². The number of nitrogens with zero attached hydrogens (tertiary/aromatic N) is 5. The Labute approximate surface area is 104 Å². The highest BCUT2D eigenvalue weighted by molar-refractivity contribution is 7.98. The van der Waals surface area contributed by atoms with Crippen molar-refractivity contribution in [1.29, 1.82) is 0 Å². The molecular weight excluding hydrogens is 240 g/mol. The molecule has 0 fully saturated rings. The maximum Gasteiger partial charge on any atom is 0.254 e. The summed E-state index contributed by atoms with van der Waals surface area (Å²) in [5.74, 6) is 0.724. The van der Waals surface area contributed by atoms with Gasteiger partial charge in [0.25, 0.3) is 5.95 Å². The molecule has 1 aromatic rings. The summed E-state index contributed by atoms with van der Waals surface area (Å²) in [5.41, 5.74) is 0. The molecule has 0 radical (unpaired) electrons. The van der Waals surface area contributed by atoms with E-state index in [0.29, 0.717) is 17.6 Å². The molecule has 0 aliphatic heterocycles. The van der Waals surface area contributed by atoms with Crippen molar-refractivity contribution in [1.82, 2.24) is 15.0 Å². The van der Waals surface area contributed by atoms with Gasteiger partial charge in [-0.3, -0.25) is 0 Å². The van der Waals surface area contributed by atoms with Crippen molar-refractivity contribution >= 4 is 23.7 Å². The Balaban J connectivity index is 3.08. The van der Waals surface area contributed by atoms with Crippen molar-refractivity contribution in [3.8, 4) is 0 Å². The van der Waals surface area contributed by atoms with Crippen molar-refractivity contribution < 1.29 is 0 Å². The van der Waals surface area contributed by atoms with Crippen LogP contribution in [0.25, 0.3) is 0 Å². The molecule has 0 unspecified atom stereocenters. The number of nitroso groups, excluding NO2 is 1. The van der Waals surface area contributed by atoms with Crippen LogP contribution >= 0.6 is 11.8 Å². The molecule has 1 aromatic heterocycles. The van der Waals surface area contributed by atoms with E-state index in [0.717, 1.165) is 0 Å². The highest BCUT2D eigenvalue weighted by Crippen LogP contribution is 2.17. The van der Waals surface area contributed by atoms with Gasteiger partial charge >= 0.3 is 0 Å². The van der Waals surface area contributed by atoms with Gasteiger partial charge < -0.3 is 5.32 Å². The summed E-state index contributed by atoms with van der Waals surface area (Å²) in [6.45, 7) is 6.19. The normalized spacial score (nSPS) is 10.4. The predicted octanol–water partition coefficient (Wildman–Crippen LogP) is 1.92. The second-order valence-electron chi connectivity index (χ2n) is 3.54. The molecule has 17 heavy (non-hydrogen) atoms. The van der Waals surface area contributed by atoms with Crippen LogP contribution in [0.3, 0.4) is 0 Å². The number of hydrogen-bond donors (Lipinski definition) is 1. The van der Waals surface area contributed by atoms with E-state index in [-0.39, 0.29) is 12.0 Å². The zero-order chi connectivity index (χ0) is 12.8. The monoisotopic (exact) mass is 256 g/mol. The second kappa shape index (κ2) is 6.33. The molecule has 0 amide bonds. The number of thioether (sulfide) groups is 1. The van der Waals surface area contributed by atoms with Crippen molar-refractivity contribution in [2.45, 2.75) is 32.0 Å². The molecule has 0 aliphatic rings. The lowest BCUT2D eigenvalue weighted by atomic mass is 10.4. The summed E-state index contributed by atoms with van der Waals surface area (Å²) in [4.78, 5) is 23.1. The number of aromatic nitrogens is 3. The number of rotatable bonds is 6. The summed E-state index contributed by atoms with van der Waals surface area (Å²) in [7, 11) is 0. The first-order chi connectivity index (χ1) is 8.10. The zero-order valence-corrected chi connectivity index (χ0v) is 11.2. The Hall–Kier alpha value is -1.44. The van der Waals surface area contributed by atoms with Gasteiger partial charge in [0.05, 0.1) is 5.29 Å². The van der Waals surface area contributed by atoms with Crippen molar-refractivity contribution in [2.75, 3.05) is 23.1 Å². The van der Waals surface area contributed by atoms with Gasteiger partial charge in [-0.05, 0) is 27.0 Å². The Morgan fingerprint density at radius 3 is 2.59 bits per heavy atom. The molecule has 0 aliphatic carbocycles. The third-order valence-corrected chi connectivity index (χ3v) is 2.38. The van der Waals surface area contributed by atoms with E-state index in [1.165, 1.54) is 16.8 Å². The van der Waals surface area contributed by atoms with Crippen LogP contribution in [0.15, 0.2) is 10.4 Å². The SMILES string of the molecule is CCN(N=O)c1nc(NC(C)C)nc(SC)n1. The van der Waals surface area contributed by atoms with Gasteiger partial charge in [-0.2, -0.15) is 20.0 Å². The van der Waals surface area contributed by atoms with Crippen LogP contribution in [0.4, 0.5) is 11.9 Å². The molecule has 8 heteroatoms. The summed E-state index contributed by atoms with van der Waals surface area (Å²) in [6, 6.07) is 0.208. The highest BCUT2D eigenvalue weighted by atomic mass is 32.2. The third kappa shape index (κ3) is 3.81. The Morgan fingerprint density at radius 1 is 1.41 bits per heavy atom. The first kappa shape index (κ1) is 13.6. The van der Waals surface area contributed by atoms with Crippen LogP contribution < -0.4 is 10.3 Å². The lowest BCUT2D eigenvalue weighted by molar-refractivity contribution is 0.778. The van der Waals surface area contributed by atoms with Crippen molar-refractivity contribution in [2.24, 2.45) is 5.29 Å². The maximum absolute atomic E-state index is 10.6. The molecule has 0 spiro atoms. The van der Waals surface area contributed by atoms with Crippen LogP contribution in [-0.2, 0) is 0 Å². The van der Waals surface area contributed by atoms with Crippen molar-refractivity contribution in [3.63, 3.8) is 0 Å². The van der Waals surface area contributed by atoms with Crippen LogP contribution in [0.5, 0.6) is 0 Å². The summed E-state index contributed by atoms with van der Waals surface area (Å²) >= 11 is 1.39. The molecular formula is C9H16N6OS. The Bertz CT molecular complexity index is 386. The minimum absolute atomic E-state index is 0.208. The van der Waals surface area contributed by atoms with Gasteiger partial charge in [-0.15, -0.1) is 4.91 Å². The largest absolute Gasteiger partial charge is 0.352 e. The van der Waals surface area contributed by atoms with E-state index in [9.17, 15) is 4.91 Å². The standard InChI is InChI=1S/C9H16N6OS/c1-5-15(14-16)8-11-7(10-6(2)3)12-9(13-8)17-4/h6H,5H2,1-4H3,(H,10,11,12,13). The number of hydrogen-bond acceptors (Lipinski definition) is 7. The van der Waals surface area contributed by atoms with E-state index in [2.05, 4.69) is 25.6 Å². The zero-order valence-electron chi connectivity index (χ0n) is 10.3. The number of anilines is 2. The number of nitrogens with one attached hydrogen (secondary N) is 1. The van der Waals surface area contributed by atoms with Crippen LogP contribution in [-0.4, -0.2) is 33.8 Å². The third-order valence-electron chi connectivity index (χ3n) is 1.83. The fourth-order valence-corrected chi connectivity index (χ4v) is 1.46. The smallest absolute Gasteiger partial charge is 0.254 e. The van der Waals surface area contributed by atoms with Crippen LogP contribution in [0.1, 0.15) is 20.8 Å². The van der Waals surface area contributed by atoms with Gasteiger partial charge in [0.15, 0.2) is 5.16 Å². The quantitative estimate of drug-likeness (QED) is 0.473. The molecule has 94 valence electrons. The van der Waals surface area contributed by atoms with Gasteiger partial charge in [0.2, 0.25) is 5.95 Å².